The van der Waals surface area contributed by atoms with Gasteiger partial charge in [-0.1, -0.05) is 29.8 Å². The fourth-order valence-electron chi connectivity index (χ4n) is 1.90. The highest BCUT2D eigenvalue weighted by atomic mass is 79.9. The minimum atomic E-state index is 0.704. The minimum Gasteiger partial charge on any atom is -0.496 e. The first kappa shape index (κ1) is 16.5. The predicted octanol–water partition coefficient (Wildman–Crippen LogP) is 3.14. The van der Waals surface area contributed by atoms with E-state index in [1.165, 1.54) is 5.56 Å². The molecule has 0 heterocycles. The maximum Gasteiger partial charge on any atom is 0.123 e. The van der Waals surface area contributed by atoms with E-state index in [2.05, 4.69) is 53.1 Å². The highest BCUT2D eigenvalue weighted by molar-refractivity contribution is 9.10. The summed E-state index contributed by atoms with van der Waals surface area (Å²) in [6, 6.07) is 6.13. The monoisotopic (exact) mass is 328 g/mol. The molecule has 0 unspecified atom stereocenters. The number of ether oxygens (including phenoxy) is 1. The Hall–Kier alpha value is -0.580. The normalized spacial score (nSPS) is 11.3. The number of benzene rings is 1. The minimum absolute atomic E-state index is 0.704. The zero-order chi connectivity index (χ0) is 14.3. The molecule has 0 saturated carbocycles. The molecule has 0 bridgehead atoms. The van der Waals surface area contributed by atoms with E-state index < -0.39 is 0 Å². The van der Waals surface area contributed by atoms with Gasteiger partial charge in [0.05, 0.1) is 7.11 Å². The summed E-state index contributed by atoms with van der Waals surface area (Å²) in [6.45, 7) is 8.47. The van der Waals surface area contributed by atoms with Crippen LogP contribution in [0.2, 0.25) is 0 Å². The number of hydrogen-bond donors (Lipinski definition) is 1. The van der Waals surface area contributed by atoms with E-state index in [0.717, 1.165) is 36.4 Å². The first-order valence-electron chi connectivity index (χ1n) is 6.74. The van der Waals surface area contributed by atoms with Crippen LogP contribution in [0.4, 0.5) is 0 Å². The third-order valence-corrected chi connectivity index (χ3v) is 3.40. The van der Waals surface area contributed by atoms with Gasteiger partial charge in [0, 0.05) is 29.7 Å². The molecule has 0 aliphatic rings. The molecule has 0 atom stereocenters. The number of likely N-dealkylation sites (N-methyl/N-ethyl adjacent to an activating group) is 1. The van der Waals surface area contributed by atoms with E-state index in [0.29, 0.717) is 5.92 Å². The Morgan fingerprint density at radius 1 is 1.37 bits per heavy atom. The number of halogens is 1. The molecule has 0 radical (unpaired) electrons. The average molecular weight is 329 g/mol. The van der Waals surface area contributed by atoms with Gasteiger partial charge in [-0.15, -0.1) is 0 Å². The molecule has 3 nitrogen and oxygen atoms in total. The van der Waals surface area contributed by atoms with Crippen molar-refractivity contribution in [3.63, 3.8) is 0 Å². The van der Waals surface area contributed by atoms with E-state index in [4.69, 9.17) is 4.74 Å². The molecule has 0 aliphatic carbocycles. The lowest BCUT2D eigenvalue weighted by Crippen LogP contribution is -2.30. The van der Waals surface area contributed by atoms with Gasteiger partial charge >= 0.3 is 0 Å². The molecule has 108 valence electrons. The Balaban J connectivity index is 2.43. The summed E-state index contributed by atoms with van der Waals surface area (Å²) in [5.41, 5.74) is 1.21. The molecule has 0 fully saturated rings. The van der Waals surface area contributed by atoms with E-state index in [1.807, 2.05) is 12.1 Å². The summed E-state index contributed by atoms with van der Waals surface area (Å²) < 4.78 is 6.49. The van der Waals surface area contributed by atoms with Crippen LogP contribution in [0.25, 0.3) is 0 Å². The van der Waals surface area contributed by atoms with Crippen LogP contribution in [0.3, 0.4) is 0 Å². The third kappa shape index (κ3) is 6.41. The number of rotatable bonds is 8. The second-order valence-electron chi connectivity index (χ2n) is 5.29. The molecular formula is C15H25BrN2O. The largest absolute Gasteiger partial charge is 0.496 e. The standard InChI is InChI=1S/C15H25BrN2O/c1-12(2)10-17-7-8-18(3)11-13-9-14(16)5-6-15(13)19-4/h5-6,9,12,17H,7-8,10-11H2,1-4H3. The van der Waals surface area contributed by atoms with E-state index in [1.54, 1.807) is 7.11 Å². The number of nitrogens with zero attached hydrogens (tertiary/aromatic N) is 1. The van der Waals surface area contributed by atoms with Gasteiger partial charge in [0.25, 0.3) is 0 Å². The summed E-state index contributed by atoms with van der Waals surface area (Å²) in [4.78, 5) is 2.30. The molecule has 1 rings (SSSR count). The van der Waals surface area contributed by atoms with Gasteiger partial charge in [-0.05, 0) is 37.7 Å². The molecule has 1 N–H and O–H groups in total. The molecule has 4 heteroatoms. The van der Waals surface area contributed by atoms with Crippen molar-refractivity contribution in [1.29, 1.82) is 0 Å². The van der Waals surface area contributed by atoms with Crippen LogP contribution >= 0.6 is 15.9 Å². The highest BCUT2D eigenvalue weighted by Gasteiger charge is 2.07. The molecular weight excluding hydrogens is 304 g/mol. The van der Waals surface area contributed by atoms with Crippen molar-refractivity contribution < 1.29 is 4.74 Å². The summed E-state index contributed by atoms with van der Waals surface area (Å²) in [6.07, 6.45) is 0. The molecule has 0 aromatic heterocycles. The topological polar surface area (TPSA) is 24.5 Å². The first-order valence-corrected chi connectivity index (χ1v) is 7.54. The van der Waals surface area contributed by atoms with Gasteiger partial charge < -0.3 is 15.0 Å². The highest BCUT2D eigenvalue weighted by Crippen LogP contribution is 2.23. The van der Waals surface area contributed by atoms with Crippen LogP contribution in [-0.2, 0) is 6.54 Å². The summed E-state index contributed by atoms with van der Waals surface area (Å²) in [7, 11) is 3.86. The Morgan fingerprint density at radius 3 is 2.74 bits per heavy atom. The Morgan fingerprint density at radius 2 is 2.11 bits per heavy atom. The van der Waals surface area contributed by atoms with Crippen molar-refractivity contribution in [3.05, 3.63) is 28.2 Å². The van der Waals surface area contributed by atoms with Crippen molar-refractivity contribution in [2.75, 3.05) is 33.8 Å². The van der Waals surface area contributed by atoms with Gasteiger partial charge in [0.2, 0.25) is 0 Å². The van der Waals surface area contributed by atoms with Crippen LogP contribution in [0.15, 0.2) is 22.7 Å². The van der Waals surface area contributed by atoms with E-state index in [-0.39, 0.29) is 0 Å². The smallest absolute Gasteiger partial charge is 0.123 e. The Kier molecular flexibility index (Phi) is 7.42. The molecule has 0 aliphatic heterocycles. The van der Waals surface area contributed by atoms with Crippen LogP contribution < -0.4 is 10.1 Å². The lowest BCUT2D eigenvalue weighted by atomic mass is 10.2. The van der Waals surface area contributed by atoms with E-state index in [9.17, 15) is 0 Å². The fourth-order valence-corrected chi connectivity index (χ4v) is 2.31. The molecule has 19 heavy (non-hydrogen) atoms. The number of hydrogen-bond acceptors (Lipinski definition) is 3. The van der Waals surface area contributed by atoms with Gasteiger partial charge in [0.15, 0.2) is 0 Å². The van der Waals surface area contributed by atoms with Crippen molar-refractivity contribution in [1.82, 2.24) is 10.2 Å². The molecule has 1 aromatic carbocycles. The molecule has 0 spiro atoms. The summed E-state index contributed by atoms with van der Waals surface area (Å²) in [5, 5.41) is 3.46. The maximum atomic E-state index is 5.40. The second-order valence-corrected chi connectivity index (χ2v) is 6.21. The summed E-state index contributed by atoms with van der Waals surface area (Å²) >= 11 is 3.51. The number of nitrogens with one attached hydrogen (secondary N) is 1. The molecule has 0 saturated heterocycles. The molecule has 1 aromatic rings. The van der Waals surface area contributed by atoms with Gasteiger partial charge in [-0.2, -0.15) is 0 Å². The van der Waals surface area contributed by atoms with Crippen molar-refractivity contribution >= 4 is 15.9 Å². The van der Waals surface area contributed by atoms with Crippen molar-refractivity contribution in [3.8, 4) is 5.75 Å². The van der Waals surface area contributed by atoms with Crippen molar-refractivity contribution in [2.24, 2.45) is 5.92 Å². The van der Waals surface area contributed by atoms with Crippen molar-refractivity contribution in [2.45, 2.75) is 20.4 Å². The second kappa shape index (κ2) is 8.56. The Bertz CT molecular complexity index is 382. The van der Waals surface area contributed by atoms with Crippen LogP contribution in [-0.4, -0.2) is 38.7 Å². The average Bonchev–Trinajstić information content (AvgIpc) is 2.35. The zero-order valence-corrected chi connectivity index (χ0v) is 14.0. The molecule has 0 amide bonds. The SMILES string of the molecule is COc1ccc(Br)cc1CN(C)CCNCC(C)C. The predicted molar refractivity (Wildman–Crippen MR) is 84.7 cm³/mol. The first-order chi connectivity index (χ1) is 9.02. The van der Waals surface area contributed by atoms with Gasteiger partial charge in [0.1, 0.15) is 5.75 Å². The van der Waals surface area contributed by atoms with Gasteiger partial charge in [-0.25, -0.2) is 0 Å². The van der Waals surface area contributed by atoms with E-state index >= 15 is 0 Å². The fraction of sp³-hybridized carbons (Fsp3) is 0.600. The van der Waals surface area contributed by atoms with Crippen LogP contribution in [0.5, 0.6) is 5.75 Å². The lowest BCUT2D eigenvalue weighted by molar-refractivity contribution is 0.313. The van der Waals surface area contributed by atoms with Gasteiger partial charge in [-0.3, -0.25) is 0 Å². The lowest BCUT2D eigenvalue weighted by Gasteiger charge is -2.19. The van der Waals surface area contributed by atoms with Crippen LogP contribution in [0.1, 0.15) is 19.4 Å². The number of methoxy groups -OCH3 is 1. The Labute approximate surface area is 125 Å². The summed E-state index contributed by atoms with van der Waals surface area (Å²) in [5.74, 6) is 1.65. The quantitative estimate of drug-likeness (QED) is 0.742. The van der Waals surface area contributed by atoms with Crippen LogP contribution in [0, 0.1) is 5.92 Å². The maximum absolute atomic E-state index is 5.40. The zero-order valence-electron chi connectivity index (χ0n) is 12.4. The third-order valence-electron chi connectivity index (χ3n) is 2.91.